The Morgan fingerprint density at radius 1 is 1.56 bits per heavy atom. The normalized spacial score (nSPS) is 34.1. The van der Waals surface area contributed by atoms with E-state index in [-0.39, 0.29) is 11.9 Å². The van der Waals surface area contributed by atoms with Gasteiger partial charge in [-0.1, -0.05) is 0 Å². The molecule has 0 bridgehead atoms. The fourth-order valence-corrected chi connectivity index (χ4v) is 2.24. The van der Waals surface area contributed by atoms with E-state index in [2.05, 4.69) is 0 Å². The van der Waals surface area contributed by atoms with E-state index in [1.807, 2.05) is 18.7 Å². The van der Waals surface area contributed by atoms with Gasteiger partial charge in [-0.25, -0.2) is 0 Å². The number of rotatable bonds is 4. The average Bonchev–Trinajstić information content (AvgIpc) is 3.02. The van der Waals surface area contributed by atoms with Gasteiger partial charge in [-0.2, -0.15) is 0 Å². The number of amides is 1. The highest BCUT2D eigenvalue weighted by Crippen LogP contribution is 2.33. The molecule has 1 heterocycles. The third-order valence-electron chi connectivity index (χ3n) is 3.85. The van der Waals surface area contributed by atoms with Crippen molar-refractivity contribution in [1.29, 1.82) is 0 Å². The lowest BCUT2D eigenvalue weighted by Crippen LogP contribution is -2.51. The summed E-state index contributed by atoms with van der Waals surface area (Å²) in [5, 5.41) is 0. The van der Waals surface area contributed by atoms with E-state index in [0.717, 1.165) is 19.0 Å². The van der Waals surface area contributed by atoms with Gasteiger partial charge < -0.3 is 15.4 Å². The second-order valence-electron chi connectivity index (χ2n) is 5.33. The minimum atomic E-state index is -0.509. The Morgan fingerprint density at radius 2 is 2.25 bits per heavy atom. The monoisotopic (exact) mass is 226 g/mol. The molecule has 4 heteroatoms. The maximum absolute atomic E-state index is 12.4. The van der Waals surface area contributed by atoms with Crippen LogP contribution in [-0.4, -0.2) is 43.2 Å². The number of ether oxygens (including phenoxy) is 1. The molecule has 2 rings (SSSR count). The van der Waals surface area contributed by atoms with Gasteiger partial charge in [0, 0.05) is 19.1 Å². The molecule has 2 atom stereocenters. The Labute approximate surface area is 97.1 Å². The minimum Gasteiger partial charge on any atom is -0.379 e. The van der Waals surface area contributed by atoms with Gasteiger partial charge in [0.15, 0.2) is 0 Å². The summed E-state index contributed by atoms with van der Waals surface area (Å²) in [5.41, 5.74) is 5.47. The van der Waals surface area contributed by atoms with Crippen LogP contribution in [0, 0.1) is 11.3 Å². The van der Waals surface area contributed by atoms with Crippen LogP contribution in [0.25, 0.3) is 0 Å². The van der Waals surface area contributed by atoms with Crippen LogP contribution >= 0.6 is 0 Å². The number of nitrogens with zero attached hydrogens (tertiary/aromatic N) is 1. The third-order valence-corrected chi connectivity index (χ3v) is 3.85. The molecule has 2 fully saturated rings. The number of hydrogen-bond donors (Lipinski definition) is 1. The minimum absolute atomic E-state index is 0.159. The van der Waals surface area contributed by atoms with Crippen LogP contribution in [0.2, 0.25) is 0 Å². The summed E-state index contributed by atoms with van der Waals surface area (Å²) in [4.78, 5) is 14.4. The molecule has 16 heavy (non-hydrogen) atoms. The Kier molecular flexibility index (Phi) is 3.22. The zero-order chi connectivity index (χ0) is 11.8. The van der Waals surface area contributed by atoms with Gasteiger partial charge in [-0.05, 0) is 32.6 Å². The SMILES string of the molecule is CCN(CC1CC1)C(=O)C1(C)COCC1N. The van der Waals surface area contributed by atoms with E-state index in [0.29, 0.717) is 13.2 Å². The van der Waals surface area contributed by atoms with Crippen LogP contribution in [-0.2, 0) is 9.53 Å². The Bertz CT molecular complexity index is 278. The van der Waals surface area contributed by atoms with Gasteiger partial charge in [0.2, 0.25) is 5.91 Å². The number of carbonyl (C=O) groups excluding carboxylic acids is 1. The molecule has 1 amide bonds. The molecular formula is C12H22N2O2. The highest BCUT2D eigenvalue weighted by molar-refractivity contribution is 5.83. The summed E-state index contributed by atoms with van der Waals surface area (Å²) in [5.74, 6) is 0.901. The van der Waals surface area contributed by atoms with Crippen molar-refractivity contribution in [2.24, 2.45) is 17.1 Å². The van der Waals surface area contributed by atoms with Crippen LogP contribution in [0.4, 0.5) is 0 Å². The molecule has 1 saturated heterocycles. The van der Waals surface area contributed by atoms with Crippen LogP contribution in [0.5, 0.6) is 0 Å². The smallest absolute Gasteiger partial charge is 0.232 e. The summed E-state index contributed by atoms with van der Waals surface area (Å²) in [6.45, 7) is 6.61. The Hall–Kier alpha value is -0.610. The van der Waals surface area contributed by atoms with E-state index >= 15 is 0 Å². The lowest BCUT2D eigenvalue weighted by molar-refractivity contribution is -0.141. The second-order valence-corrected chi connectivity index (χ2v) is 5.33. The van der Waals surface area contributed by atoms with E-state index in [1.165, 1.54) is 12.8 Å². The zero-order valence-electron chi connectivity index (χ0n) is 10.2. The molecule has 0 spiro atoms. The fraction of sp³-hybridized carbons (Fsp3) is 0.917. The molecule has 0 aromatic rings. The molecule has 0 radical (unpaired) electrons. The maximum atomic E-state index is 12.4. The quantitative estimate of drug-likeness (QED) is 0.764. The van der Waals surface area contributed by atoms with E-state index in [4.69, 9.17) is 10.5 Å². The molecule has 2 unspecified atom stereocenters. The third kappa shape index (κ3) is 2.09. The van der Waals surface area contributed by atoms with E-state index in [1.54, 1.807) is 0 Å². The van der Waals surface area contributed by atoms with Crippen molar-refractivity contribution < 1.29 is 9.53 Å². The standard InChI is InChI=1S/C12H22N2O2/c1-3-14(6-9-4-5-9)11(15)12(2)8-16-7-10(12)13/h9-10H,3-8,13H2,1-2H3. The van der Waals surface area contributed by atoms with Gasteiger partial charge in [-0.3, -0.25) is 4.79 Å². The lowest BCUT2D eigenvalue weighted by atomic mass is 9.84. The zero-order valence-corrected chi connectivity index (χ0v) is 10.2. The molecule has 92 valence electrons. The number of hydrogen-bond acceptors (Lipinski definition) is 3. The van der Waals surface area contributed by atoms with E-state index < -0.39 is 5.41 Å². The number of carbonyl (C=O) groups is 1. The molecule has 0 aromatic carbocycles. The van der Waals surface area contributed by atoms with Gasteiger partial charge in [0.1, 0.15) is 0 Å². The van der Waals surface area contributed by atoms with Gasteiger partial charge in [0.05, 0.1) is 18.6 Å². The van der Waals surface area contributed by atoms with Crippen LogP contribution < -0.4 is 5.73 Å². The van der Waals surface area contributed by atoms with E-state index in [9.17, 15) is 4.79 Å². The summed E-state index contributed by atoms with van der Waals surface area (Å²) >= 11 is 0. The van der Waals surface area contributed by atoms with Crippen molar-refractivity contribution in [3.05, 3.63) is 0 Å². The van der Waals surface area contributed by atoms with Crippen molar-refractivity contribution in [3.8, 4) is 0 Å². The van der Waals surface area contributed by atoms with Gasteiger partial charge in [0.25, 0.3) is 0 Å². The number of nitrogens with two attached hydrogens (primary N) is 1. The van der Waals surface area contributed by atoms with Gasteiger partial charge >= 0.3 is 0 Å². The van der Waals surface area contributed by atoms with Crippen LogP contribution in [0.3, 0.4) is 0 Å². The first-order chi connectivity index (χ1) is 7.58. The summed E-state index contributed by atoms with van der Waals surface area (Å²) in [6.07, 6.45) is 2.53. The molecule has 1 aliphatic carbocycles. The Balaban J connectivity index is 2.02. The topological polar surface area (TPSA) is 55.6 Å². The summed E-state index contributed by atoms with van der Waals surface area (Å²) in [7, 11) is 0. The molecule has 1 saturated carbocycles. The van der Waals surface area contributed by atoms with Crippen LogP contribution in [0.15, 0.2) is 0 Å². The first-order valence-corrected chi connectivity index (χ1v) is 6.20. The second kappa shape index (κ2) is 4.34. The molecule has 2 N–H and O–H groups in total. The average molecular weight is 226 g/mol. The first-order valence-electron chi connectivity index (χ1n) is 6.20. The van der Waals surface area contributed by atoms with Crippen molar-refractivity contribution in [3.63, 3.8) is 0 Å². The summed E-state index contributed by atoms with van der Waals surface area (Å²) in [6, 6.07) is -0.159. The highest BCUT2D eigenvalue weighted by Gasteiger charge is 2.46. The van der Waals surface area contributed by atoms with Crippen LogP contribution in [0.1, 0.15) is 26.7 Å². The van der Waals surface area contributed by atoms with Crippen molar-refractivity contribution >= 4 is 5.91 Å². The predicted octanol–water partition coefficient (Wildman–Crippen LogP) is 0.609. The predicted molar refractivity (Wildman–Crippen MR) is 61.9 cm³/mol. The largest absolute Gasteiger partial charge is 0.379 e. The van der Waals surface area contributed by atoms with Gasteiger partial charge in [-0.15, -0.1) is 0 Å². The maximum Gasteiger partial charge on any atom is 0.232 e. The molecule has 2 aliphatic rings. The Morgan fingerprint density at radius 3 is 2.69 bits per heavy atom. The van der Waals surface area contributed by atoms with Crippen molar-refractivity contribution in [2.75, 3.05) is 26.3 Å². The fourth-order valence-electron chi connectivity index (χ4n) is 2.24. The molecule has 0 aromatic heterocycles. The van der Waals surface area contributed by atoms with Crippen molar-refractivity contribution in [2.45, 2.75) is 32.7 Å². The molecule has 1 aliphatic heterocycles. The van der Waals surface area contributed by atoms with Crippen molar-refractivity contribution in [1.82, 2.24) is 4.90 Å². The highest BCUT2D eigenvalue weighted by atomic mass is 16.5. The first kappa shape index (κ1) is 11.9. The summed E-state index contributed by atoms with van der Waals surface area (Å²) < 4.78 is 5.34. The molecular weight excluding hydrogens is 204 g/mol. The lowest BCUT2D eigenvalue weighted by Gasteiger charge is -2.32. The molecule has 4 nitrogen and oxygen atoms in total.